The smallest absolute Gasteiger partial charge is 0.302 e. The van der Waals surface area contributed by atoms with Gasteiger partial charge >= 0.3 is 5.97 Å². The highest BCUT2D eigenvalue weighted by Crippen LogP contribution is 2.66. The molecule has 1 aromatic rings. The highest BCUT2D eigenvalue weighted by atomic mass is 16.5. The van der Waals surface area contributed by atoms with Gasteiger partial charge in [-0.1, -0.05) is 37.6 Å². The first-order valence-electron chi connectivity index (χ1n) is 12.2. The zero-order valence-corrected chi connectivity index (χ0v) is 17.8. The van der Waals surface area contributed by atoms with Crippen molar-refractivity contribution in [2.75, 3.05) is 0 Å². The number of hydrogen-bond acceptors (Lipinski definition) is 3. The fourth-order valence-electron chi connectivity index (χ4n) is 7.01. The Morgan fingerprint density at radius 2 is 2.03 bits per heavy atom. The van der Waals surface area contributed by atoms with Gasteiger partial charge in [-0.15, -0.1) is 0 Å². The summed E-state index contributed by atoms with van der Waals surface area (Å²) in [6, 6.07) is 4.14. The average molecular weight is 394 g/mol. The van der Waals surface area contributed by atoms with Crippen molar-refractivity contribution < 1.29 is 12.3 Å². The molecule has 1 aromatic heterocycles. The van der Waals surface area contributed by atoms with Gasteiger partial charge in [-0.3, -0.25) is 9.78 Å². The third kappa shape index (κ3) is 2.92. The second kappa shape index (κ2) is 6.82. The number of aromatic nitrogens is 1. The quantitative estimate of drug-likeness (QED) is 0.459. The van der Waals surface area contributed by atoms with Crippen LogP contribution in [-0.2, 0) is 9.53 Å². The minimum Gasteiger partial charge on any atom is -0.462 e. The summed E-state index contributed by atoms with van der Waals surface area (Å²) < 4.78 is 23.8. The summed E-state index contributed by atoms with van der Waals surface area (Å²) in [5.74, 6) is 0.410. The molecular formula is C26H33NO2. The molecule has 5 rings (SSSR count). The molecule has 0 spiro atoms. The lowest BCUT2D eigenvalue weighted by molar-refractivity contribution is -0.148. The predicted molar refractivity (Wildman–Crippen MR) is 115 cm³/mol. The number of ether oxygens (including phenoxy) is 1. The lowest BCUT2D eigenvalue weighted by Gasteiger charge is -2.57. The number of pyridine rings is 1. The Bertz CT molecular complexity index is 955. The van der Waals surface area contributed by atoms with E-state index in [1.54, 1.807) is 0 Å². The van der Waals surface area contributed by atoms with E-state index in [0.29, 0.717) is 18.3 Å². The maximum Gasteiger partial charge on any atom is 0.302 e. The number of allylic oxidation sites excluding steroid dienone is 3. The van der Waals surface area contributed by atoms with Gasteiger partial charge in [0.1, 0.15) is 6.10 Å². The summed E-state index contributed by atoms with van der Waals surface area (Å²) >= 11 is 0. The first-order valence-corrected chi connectivity index (χ1v) is 11.2. The van der Waals surface area contributed by atoms with Crippen LogP contribution < -0.4 is 0 Å². The number of rotatable bonds is 2. The average Bonchev–Trinajstić information content (AvgIpc) is 3.06. The summed E-state index contributed by atoms with van der Waals surface area (Å²) in [6.07, 6.45) is 12.2. The zero-order valence-electron chi connectivity index (χ0n) is 19.8. The highest BCUT2D eigenvalue weighted by Gasteiger charge is 2.56. The number of carbonyl (C=O) groups is 1. The van der Waals surface area contributed by atoms with Gasteiger partial charge in [0.2, 0.25) is 0 Å². The van der Waals surface area contributed by atoms with Crippen molar-refractivity contribution in [1.82, 2.24) is 4.98 Å². The molecule has 0 amide bonds. The van der Waals surface area contributed by atoms with Crippen molar-refractivity contribution >= 4 is 11.5 Å². The molecule has 4 aliphatic carbocycles. The van der Waals surface area contributed by atoms with Gasteiger partial charge in [-0.05, 0) is 84.3 Å². The predicted octanol–water partition coefficient (Wildman–Crippen LogP) is 5.97. The van der Waals surface area contributed by atoms with Crippen molar-refractivity contribution in [3.63, 3.8) is 0 Å². The fraction of sp³-hybridized carbons (Fsp3) is 0.615. The van der Waals surface area contributed by atoms with E-state index >= 15 is 0 Å². The second-order valence-corrected chi connectivity index (χ2v) is 10.0. The normalized spacial score (nSPS) is 43.6. The lowest BCUT2D eigenvalue weighted by atomic mass is 9.47. The molecular weight excluding hydrogens is 358 g/mol. The Labute approximate surface area is 177 Å². The largest absolute Gasteiger partial charge is 0.462 e. The van der Waals surface area contributed by atoms with E-state index in [2.05, 4.69) is 31.0 Å². The second-order valence-electron chi connectivity index (χ2n) is 10.0. The Balaban J connectivity index is 1.49. The standard InChI is InChI=1S/C26H33NO2/c1-17(28)29-20-10-12-25(2)19(15-20)6-7-21-23-9-8-22(18-5-4-14-27-16-18)26(23,3)13-11-24(21)25/h4-6,8,14,16,20-21,23-24H,7,9-13,15H2,1-3H3/t20-,21?,23?,24?,25-,26+/m0/s1/i7D2. The number of carbonyl (C=O) groups excluding carboxylic acids is 1. The number of nitrogens with zero attached hydrogens (tertiary/aromatic N) is 1. The molecule has 0 bridgehead atoms. The van der Waals surface area contributed by atoms with Crippen LogP contribution in [0.1, 0.15) is 74.0 Å². The van der Waals surface area contributed by atoms with Crippen molar-refractivity contribution in [2.45, 2.75) is 71.8 Å². The third-order valence-corrected chi connectivity index (χ3v) is 8.59. The maximum atomic E-state index is 11.5. The van der Waals surface area contributed by atoms with Crippen LogP contribution in [0.4, 0.5) is 0 Å². The van der Waals surface area contributed by atoms with Crippen LogP contribution in [0.3, 0.4) is 0 Å². The van der Waals surface area contributed by atoms with E-state index in [4.69, 9.17) is 7.48 Å². The molecule has 0 N–H and O–H groups in total. The molecule has 4 aliphatic rings. The summed E-state index contributed by atoms with van der Waals surface area (Å²) in [7, 11) is 0. The Hall–Kier alpha value is -1.90. The molecule has 3 unspecified atom stereocenters. The van der Waals surface area contributed by atoms with Crippen LogP contribution >= 0.6 is 0 Å². The Morgan fingerprint density at radius 3 is 2.79 bits per heavy atom. The molecule has 154 valence electrons. The molecule has 1 heterocycles. The van der Waals surface area contributed by atoms with E-state index in [1.165, 1.54) is 23.6 Å². The SMILES string of the molecule is [2H]C1([2H])C=C2C[C@@H](OC(C)=O)CC[C@]2(C)C2CC[C@]3(C)C(c4cccnc4)=CCC3C21. The van der Waals surface area contributed by atoms with Gasteiger partial charge in [0.25, 0.3) is 0 Å². The van der Waals surface area contributed by atoms with Gasteiger partial charge in [0, 0.05) is 28.5 Å². The highest BCUT2D eigenvalue weighted by molar-refractivity contribution is 5.72. The molecule has 0 aliphatic heterocycles. The van der Waals surface area contributed by atoms with Crippen molar-refractivity contribution in [3.05, 3.63) is 47.8 Å². The van der Waals surface area contributed by atoms with Crippen LogP contribution in [0.5, 0.6) is 0 Å². The number of hydrogen-bond donors (Lipinski definition) is 0. The molecule has 6 atom stereocenters. The van der Waals surface area contributed by atoms with E-state index in [1.807, 2.05) is 24.5 Å². The summed E-state index contributed by atoms with van der Waals surface area (Å²) in [5, 5.41) is 0. The lowest BCUT2D eigenvalue weighted by Crippen LogP contribution is -2.50. The first-order chi connectivity index (χ1) is 14.6. The fourth-order valence-corrected chi connectivity index (χ4v) is 7.01. The molecule has 2 fully saturated rings. The summed E-state index contributed by atoms with van der Waals surface area (Å²) in [6.45, 7) is 6.17. The summed E-state index contributed by atoms with van der Waals surface area (Å²) in [4.78, 5) is 15.8. The molecule has 2 saturated carbocycles. The van der Waals surface area contributed by atoms with Crippen LogP contribution in [0.2, 0.25) is 0 Å². The Kier molecular flexibility index (Phi) is 3.96. The number of fused-ring (bicyclic) bond motifs is 5. The van der Waals surface area contributed by atoms with Crippen molar-refractivity contribution in [2.24, 2.45) is 28.6 Å². The molecule has 0 aromatic carbocycles. The number of esters is 1. The molecule has 0 saturated heterocycles. The van der Waals surface area contributed by atoms with Gasteiger partial charge in [-0.25, -0.2) is 0 Å². The molecule has 29 heavy (non-hydrogen) atoms. The van der Waals surface area contributed by atoms with E-state index in [0.717, 1.165) is 32.1 Å². The van der Waals surface area contributed by atoms with Crippen LogP contribution in [0, 0.1) is 28.6 Å². The van der Waals surface area contributed by atoms with E-state index < -0.39 is 6.37 Å². The third-order valence-electron chi connectivity index (χ3n) is 8.59. The van der Waals surface area contributed by atoms with E-state index in [9.17, 15) is 4.79 Å². The topological polar surface area (TPSA) is 39.2 Å². The minimum atomic E-state index is -1.35. The van der Waals surface area contributed by atoms with Crippen LogP contribution in [0.15, 0.2) is 42.3 Å². The van der Waals surface area contributed by atoms with Crippen molar-refractivity contribution in [3.8, 4) is 0 Å². The molecule has 3 heteroatoms. The van der Waals surface area contributed by atoms with Gasteiger partial charge in [-0.2, -0.15) is 0 Å². The first kappa shape index (κ1) is 16.8. The van der Waals surface area contributed by atoms with Crippen LogP contribution in [-0.4, -0.2) is 17.1 Å². The molecule has 3 nitrogen and oxygen atoms in total. The van der Waals surface area contributed by atoms with E-state index in [-0.39, 0.29) is 28.8 Å². The minimum absolute atomic E-state index is 0.00526. The monoisotopic (exact) mass is 393 g/mol. The maximum absolute atomic E-state index is 11.5. The van der Waals surface area contributed by atoms with Crippen LogP contribution in [0.25, 0.3) is 5.57 Å². The molecule has 0 radical (unpaired) electrons. The van der Waals surface area contributed by atoms with Gasteiger partial charge in [0.05, 0.1) is 0 Å². The zero-order chi connectivity index (χ0) is 22.0. The van der Waals surface area contributed by atoms with Crippen molar-refractivity contribution in [1.29, 1.82) is 0 Å². The van der Waals surface area contributed by atoms with Gasteiger partial charge in [0.15, 0.2) is 0 Å². The summed E-state index contributed by atoms with van der Waals surface area (Å²) in [5.41, 5.74) is 3.72. The van der Waals surface area contributed by atoms with Gasteiger partial charge < -0.3 is 4.74 Å². The Morgan fingerprint density at radius 1 is 1.21 bits per heavy atom.